The molecule has 1 saturated heterocycles. The number of halogens is 1. The molecular formula is C19H23ClN2O3. The first-order valence-electron chi connectivity index (χ1n) is 8.43. The number of β-amino-alcohol motifs (C(OH)–C–C–N with tert-alkyl or cyclic N) is 1. The summed E-state index contributed by atoms with van der Waals surface area (Å²) in [7, 11) is 0. The zero-order valence-corrected chi connectivity index (χ0v) is 14.8. The third-order valence-electron chi connectivity index (χ3n) is 4.29. The van der Waals surface area contributed by atoms with Crippen molar-refractivity contribution in [2.45, 2.75) is 6.10 Å². The van der Waals surface area contributed by atoms with E-state index in [-0.39, 0.29) is 12.4 Å². The number of benzene rings is 2. The van der Waals surface area contributed by atoms with Gasteiger partial charge in [-0.3, -0.25) is 4.90 Å². The van der Waals surface area contributed by atoms with E-state index in [4.69, 9.17) is 16.3 Å². The number of ether oxygens (including phenoxy) is 1. The number of anilines is 1. The van der Waals surface area contributed by atoms with E-state index in [1.165, 1.54) is 0 Å². The van der Waals surface area contributed by atoms with E-state index in [0.717, 1.165) is 36.9 Å². The number of hydrogen-bond donors (Lipinski definition) is 2. The number of phenols is 1. The van der Waals surface area contributed by atoms with E-state index < -0.39 is 6.10 Å². The molecule has 1 aliphatic rings. The number of piperazine rings is 1. The van der Waals surface area contributed by atoms with Crippen molar-refractivity contribution in [2.24, 2.45) is 0 Å². The third kappa shape index (κ3) is 5.26. The number of aliphatic hydroxyl groups is 1. The highest BCUT2D eigenvalue weighted by Gasteiger charge is 2.20. The van der Waals surface area contributed by atoms with E-state index in [0.29, 0.717) is 12.3 Å². The summed E-state index contributed by atoms with van der Waals surface area (Å²) in [6, 6.07) is 14.4. The van der Waals surface area contributed by atoms with Gasteiger partial charge in [0.2, 0.25) is 0 Å². The number of aromatic hydroxyl groups is 1. The maximum absolute atomic E-state index is 10.2. The molecule has 1 aliphatic heterocycles. The first-order chi connectivity index (χ1) is 12.1. The summed E-state index contributed by atoms with van der Waals surface area (Å²) in [6.07, 6.45) is -0.550. The lowest BCUT2D eigenvalue weighted by atomic mass is 10.2. The molecule has 6 heteroatoms. The van der Waals surface area contributed by atoms with Crippen LogP contribution in [-0.4, -0.2) is 60.5 Å². The van der Waals surface area contributed by atoms with E-state index >= 15 is 0 Å². The van der Waals surface area contributed by atoms with Crippen molar-refractivity contribution in [2.75, 3.05) is 44.2 Å². The standard InChI is InChI=1S/C19H23ClN2O3/c20-15-2-1-3-16(12-15)22-10-8-21(9-11-22)13-18(24)14-25-19-6-4-17(23)5-7-19/h1-7,12,18,23-24H,8-11,13-14H2/t18-/m1/s1. The largest absolute Gasteiger partial charge is 0.508 e. The van der Waals surface area contributed by atoms with Gasteiger partial charge in [0.15, 0.2) is 0 Å². The number of hydrogen-bond acceptors (Lipinski definition) is 5. The van der Waals surface area contributed by atoms with E-state index in [1.54, 1.807) is 24.3 Å². The van der Waals surface area contributed by atoms with Gasteiger partial charge in [-0.15, -0.1) is 0 Å². The molecule has 0 unspecified atom stereocenters. The van der Waals surface area contributed by atoms with Crippen molar-refractivity contribution < 1.29 is 14.9 Å². The molecule has 1 heterocycles. The molecule has 0 amide bonds. The van der Waals surface area contributed by atoms with E-state index in [1.807, 2.05) is 18.2 Å². The van der Waals surface area contributed by atoms with Crippen LogP contribution in [0.5, 0.6) is 11.5 Å². The Morgan fingerprint density at radius 3 is 2.44 bits per heavy atom. The lowest BCUT2D eigenvalue weighted by Crippen LogP contribution is -2.49. The molecule has 1 atom stereocenters. The first-order valence-corrected chi connectivity index (χ1v) is 8.81. The summed E-state index contributed by atoms with van der Waals surface area (Å²) in [5.74, 6) is 0.841. The molecule has 0 aliphatic carbocycles. The molecule has 25 heavy (non-hydrogen) atoms. The SMILES string of the molecule is Oc1ccc(OC[C@H](O)CN2CCN(c3cccc(Cl)c3)CC2)cc1. The van der Waals surface area contributed by atoms with E-state index in [9.17, 15) is 10.2 Å². The highest BCUT2D eigenvalue weighted by atomic mass is 35.5. The minimum Gasteiger partial charge on any atom is -0.508 e. The first kappa shape index (κ1) is 17.9. The average Bonchev–Trinajstić information content (AvgIpc) is 2.62. The van der Waals surface area contributed by atoms with Crippen LogP contribution in [0, 0.1) is 0 Å². The Bertz CT molecular complexity index is 673. The van der Waals surface area contributed by atoms with Crippen molar-refractivity contribution in [1.82, 2.24) is 4.90 Å². The van der Waals surface area contributed by atoms with Crippen LogP contribution in [0.4, 0.5) is 5.69 Å². The Hall–Kier alpha value is -1.95. The summed E-state index contributed by atoms with van der Waals surface area (Å²) in [4.78, 5) is 4.55. The van der Waals surface area contributed by atoms with Crippen LogP contribution >= 0.6 is 11.6 Å². The van der Waals surface area contributed by atoms with Crippen molar-refractivity contribution in [3.8, 4) is 11.5 Å². The number of rotatable bonds is 6. The second-order valence-electron chi connectivity index (χ2n) is 6.23. The van der Waals surface area contributed by atoms with Crippen molar-refractivity contribution >= 4 is 17.3 Å². The number of nitrogens with zero attached hydrogens (tertiary/aromatic N) is 2. The fraction of sp³-hybridized carbons (Fsp3) is 0.368. The fourth-order valence-electron chi connectivity index (χ4n) is 2.95. The Morgan fingerprint density at radius 1 is 1.04 bits per heavy atom. The van der Waals surface area contributed by atoms with Crippen LogP contribution in [0.2, 0.25) is 5.02 Å². The van der Waals surface area contributed by atoms with Crippen molar-refractivity contribution in [3.63, 3.8) is 0 Å². The Kier molecular flexibility index (Phi) is 6.02. The zero-order valence-electron chi connectivity index (χ0n) is 14.0. The predicted molar refractivity (Wildman–Crippen MR) is 99.7 cm³/mol. The summed E-state index contributed by atoms with van der Waals surface area (Å²) >= 11 is 6.06. The Balaban J connectivity index is 1.41. The Morgan fingerprint density at radius 2 is 1.76 bits per heavy atom. The van der Waals surface area contributed by atoms with Gasteiger partial charge in [0, 0.05) is 43.4 Å². The lowest BCUT2D eigenvalue weighted by Gasteiger charge is -2.36. The van der Waals surface area contributed by atoms with E-state index in [2.05, 4.69) is 15.9 Å². The van der Waals surface area contributed by atoms with Gasteiger partial charge in [-0.1, -0.05) is 17.7 Å². The monoisotopic (exact) mass is 362 g/mol. The fourth-order valence-corrected chi connectivity index (χ4v) is 3.13. The normalized spacial score (nSPS) is 16.6. The average molecular weight is 363 g/mol. The molecule has 0 radical (unpaired) electrons. The van der Waals surface area contributed by atoms with Crippen molar-refractivity contribution in [1.29, 1.82) is 0 Å². The van der Waals surface area contributed by atoms with Crippen LogP contribution in [0.3, 0.4) is 0 Å². The maximum atomic E-state index is 10.2. The minimum absolute atomic E-state index is 0.200. The maximum Gasteiger partial charge on any atom is 0.119 e. The van der Waals surface area contributed by atoms with Crippen molar-refractivity contribution in [3.05, 3.63) is 53.6 Å². The molecule has 0 bridgehead atoms. The van der Waals surface area contributed by atoms with Crippen LogP contribution in [-0.2, 0) is 0 Å². The number of phenolic OH excluding ortho intramolecular Hbond substituents is 1. The van der Waals surface area contributed by atoms with Crippen LogP contribution in [0.15, 0.2) is 48.5 Å². The molecule has 134 valence electrons. The van der Waals surface area contributed by atoms with Gasteiger partial charge in [-0.2, -0.15) is 0 Å². The molecule has 0 spiro atoms. The molecule has 3 rings (SSSR count). The molecule has 0 aromatic heterocycles. The summed E-state index contributed by atoms with van der Waals surface area (Å²) in [5.41, 5.74) is 1.14. The van der Waals surface area contributed by atoms with Gasteiger partial charge < -0.3 is 19.8 Å². The predicted octanol–water partition coefficient (Wildman–Crippen LogP) is 2.61. The van der Waals surface area contributed by atoms with Crippen LogP contribution < -0.4 is 9.64 Å². The minimum atomic E-state index is -0.550. The summed E-state index contributed by atoms with van der Waals surface area (Å²) in [6.45, 7) is 4.42. The quantitative estimate of drug-likeness (QED) is 0.827. The molecular weight excluding hydrogens is 340 g/mol. The molecule has 0 saturated carbocycles. The summed E-state index contributed by atoms with van der Waals surface area (Å²) in [5, 5.41) is 20.2. The second-order valence-corrected chi connectivity index (χ2v) is 6.66. The van der Waals surface area contributed by atoms with Gasteiger partial charge in [0.25, 0.3) is 0 Å². The molecule has 5 nitrogen and oxygen atoms in total. The lowest BCUT2D eigenvalue weighted by molar-refractivity contribution is 0.0663. The smallest absolute Gasteiger partial charge is 0.119 e. The second kappa shape index (κ2) is 8.43. The van der Waals surface area contributed by atoms with Gasteiger partial charge in [0.05, 0.1) is 0 Å². The highest BCUT2D eigenvalue weighted by molar-refractivity contribution is 6.30. The Labute approximate surface area is 153 Å². The third-order valence-corrected chi connectivity index (χ3v) is 4.53. The van der Waals surface area contributed by atoms with Gasteiger partial charge in [0.1, 0.15) is 24.2 Å². The van der Waals surface area contributed by atoms with Crippen LogP contribution in [0.1, 0.15) is 0 Å². The molecule has 2 aromatic rings. The molecule has 2 N–H and O–H groups in total. The molecule has 2 aromatic carbocycles. The van der Waals surface area contributed by atoms with Gasteiger partial charge in [-0.25, -0.2) is 0 Å². The molecule has 1 fully saturated rings. The number of aliphatic hydroxyl groups excluding tert-OH is 1. The topological polar surface area (TPSA) is 56.2 Å². The van der Waals surface area contributed by atoms with Gasteiger partial charge in [-0.05, 0) is 42.5 Å². The summed E-state index contributed by atoms with van der Waals surface area (Å²) < 4.78 is 5.56. The van der Waals surface area contributed by atoms with Crippen LogP contribution in [0.25, 0.3) is 0 Å². The zero-order chi connectivity index (χ0) is 17.6. The highest BCUT2D eigenvalue weighted by Crippen LogP contribution is 2.21. The van der Waals surface area contributed by atoms with Gasteiger partial charge >= 0.3 is 0 Å².